The average Bonchev–Trinajstić information content (AvgIpc) is 3.15. The number of piperidine rings is 1. The molecule has 5 nitrogen and oxygen atoms in total. The minimum atomic E-state index is -4.00. The van der Waals surface area contributed by atoms with E-state index in [9.17, 15) is 22.0 Å². The highest BCUT2D eigenvalue weighted by Gasteiger charge is 2.47. The van der Waals surface area contributed by atoms with Gasteiger partial charge < -0.3 is 4.90 Å². The Balaban J connectivity index is 1.60. The van der Waals surface area contributed by atoms with E-state index >= 15 is 0 Å². The van der Waals surface area contributed by atoms with Crippen LogP contribution >= 0.6 is 0 Å². The van der Waals surface area contributed by atoms with Gasteiger partial charge in [0.25, 0.3) is 0 Å². The molecule has 0 radical (unpaired) electrons. The highest BCUT2D eigenvalue weighted by atomic mass is 32.2. The van der Waals surface area contributed by atoms with Crippen LogP contribution in [0.5, 0.6) is 0 Å². The van der Waals surface area contributed by atoms with Gasteiger partial charge in [-0.25, -0.2) is 17.2 Å². The van der Waals surface area contributed by atoms with E-state index < -0.39 is 27.1 Å². The highest BCUT2D eigenvalue weighted by molar-refractivity contribution is 7.89. The number of likely N-dealkylation sites (N-methyl/N-ethyl adjacent to an activating group) is 1. The molecule has 2 fully saturated rings. The van der Waals surface area contributed by atoms with E-state index in [-0.39, 0.29) is 29.9 Å². The van der Waals surface area contributed by atoms with Gasteiger partial charge in [-0.1, -0.05) is 56.0 Å². The SMILES string of the molecule is CN(C(=O)C1(c2ccccc2)CCN(S(=O)(=O)c2ccc(F)c(F)c2)CC1)C1CCCCCC1. The third-order valence-corrected chi connectivity index (χ3v) is 9.43. The number of carbonyl (C=O) groups excluding carboxylic acids is 1. The Labute approximate surface area is 200 Å². The van der Waals surface area contributed by atoms with Crippen LogP contribution in [-0.2, 0) is 20.2 Å². The first kappa shape index (κ1) is 24.8. The molecule has 1 heterocycles. The number of carbonyl (C=O) groups is 1. The molecule has 1 aliphatic carbocycles. The molecule has 2 aliphatic rings. The zero-order chi connectivity index (χ0) is 24.3. The second-order valence-corrected chi connectivity index (χ2v) is 11.4. The van der Waals surface area contributed by atoms with Gasteiger partial charge in [0.15, 0.2) is 11.6 Å². The summed E-state index contributed by atoms with van der Waals surface area (Å²) < 4.78 is 54.6. The molecule has 0 N–H and O–H groups in total. The number of hydrogen-bond acceptors (Lipinski definition) is 3. The van der Waals surface area contributed by atoms with Gasteiger partial charge in [-0.05, 0) is 49.4 Å². The summed E-state index contributed by atoms with van der Waals surface area (Å²) in [7, 11) is -2.12. The molecule has 0 bridgehead atoms. The van der Waals surface area contributed by atoms with Gasteiger partial charge in [0.1, 0.15) is 0 Å². The maximum atomic E-state index is 14.0. The van der Waals surface area contributed by atoms with E-state index in [1.54, 1.807) is 0 Å². The van der Waals surface area contributed by atoms with E-state index in [1.165, 1.54) is 17.1 Å². The van der Waals surface area contributed by atoms with Gasteiger partial charge in [0.2, 0.25) is 15.9 Å². The van der Waals surface area contributed by atoms with Crippen molar-refractivity contribution in [2.75, 3.05) is 20.1 Å². The standard InChI is InChI=1S/C26H32F2N2O3S/c1-29(21-11-7-2-3-8-12-21)25(31)26(20-9-5-4-6-10-20)15-17-30(18-16-26)34(32,33)22-13-14-23(27)24(28)19-22/h4-6,9-10,13-14,19,21H,2-3,7-8,11-12,15-18H2,1H3. The monoisotopic (exact) mass is 490 g/mol. The van der Waals surface area contributed by atoms with Crippen LogP contribution in [0, 0.1) is 11.6 Å². The second-order valence-electron chi connectivity index (χ2n) is 9.49. The number of nitrogens with zero attached hydrogens (tertiary/aromatic N) is 2. The van der Waals surface area contributed by atoms with Crippen molar-refractivity contribution in [2.45, 2.75) is 67.7 Å². The Hall–Kier alpha value is -2.32. The minimum Gasteiger partial charge on any atom is -0.342 e. The quantitative estimate of drug-likeness (QED) is 0.562. The molecule has 8 heteroatoms. The van der Waals surface area contributed by atoms with E-state index in [2.05, 4.69) is 0 Å². The van der Waals surface area contributed by atoms with Crippen molar-refractivity contribution in [1.82, 2.24) is 9.21 Å². The fourth-order valence-corrected chi connectivity index (χ4v) is 6.88. The molecule has 34 heavy (non-hydrogen) atoms. The lowest BCUT2D eigenvalue weighted by atomic mass is 9.71. The lowest BCUT2D eigenvalue weighted by Crippen LogP contribution is -2.54. The van der Waals surface area contributed by atoms with Crippen molar-refractivity contribution in [3.63, 3.8) is 0 Å². The van der Waals surface area contributed by atoms with Gasteiger partial charge in [0, 0.05) is 26.2 Å². The summed E-state index contributed by atoms with van der Waals surface area (Å²) in [5, 5.41) is 0. The first-order valence-electron chi connectivity index (χ1n) is 12.0. The Bertz CT molecular complexity index is 1110. The molecule has 184 valence electrons. The smallest absolute Gasteiger partial charge is 0.243 e. The molecule has 0 aromatic heterocycles. The molecule has 1 saturated carbocycles. The number of benzene rings is 2. The average molecular weight is 491 g/mol. The van der Waals surface area contributed by atoms with Gasteiger partial charge in [-0.3, -0.25) is 4.79 Å². The Morgan fingerprint density at radius 3 is 2.15 bits per heavy atom. The zero-order valence-corrected chi connectivity index (χ0v) is 20.4. The van der Waals surface area contributed by atoms with Gasteiger partial charge in [-0.15, -0.1) is 0 Å². The molecular formula is C26H32F2N2O3S. The third kappa shape index (κ3) is 4.75. The zero-order valence-electron chi connectivity index (χ0n) is 19.6. The fourth-order valence-electron chi connectivity index (χ4n) is 5.43. The molecular weight excluding hydrogens is 458 g/mol. The Morgan fingerprint density at radius 2 is 1.56 bits per heavy atom. The normalized spacial score (nSPS) is 20.0. The van der Waals surface area contributed by atoms with Gasteiger partial charge in [-0.2, -0.15) is 4.31 Å². The fraction of sp³-hybridized carbons (Fsp3) is 0.500. The second kappa shape index (κ2) is 10.1. The van der Waals surface area contributed by atoms with E-state index in [1.807, 2.05) is 42.3 Å². The minimum absolute atomic E-state index is 0.0375. The van der Waals surface area contributed by atoms with Crippen molar-refractivity contribution >= 4 is 15.9 Å². The number of hydrogen-bond donors (Lipinski definition) is 0. The number of sulfonamides is 1. The summed E-state index contributed by atoms with van der Waals surface area (Å²) in [6.45, 7) is 0.251. The first-order chi connectivity index (χ1) is 16.3. The third-order valence-electron chi connectivity index (χ3n) is 7.53. The number of rotatable bonds is 5. The highest BCUT2D eigenvalue weighted by Crippen LogP contribution is 2.40. The summed E-state index contributed by atoms with van der Waals surface area (Å²) in [6.07, 6.45) is 7.25. The predicted molar refractivity (Wildman–Crippen MR) is 127 cm³/mol. The molecule has 0 spiro atoms. The molecule has 1 amide bonds. The lowest BCUT2D eigenvalue weighted by Gasteiger charge is -2.44. The molecule has 1 aliphatic heterocycles. The summed E-state index contributed by atoms with van der Waals surface area (Å²) in [5.41, 5.74) is 0.0768. The number of amides is 1. The van der Waals surface area contributed by atoms with Crippen LogP contribution in [0.1, 0.15) is 56.9 Å². The molecule has 0 atom stereocenters. The molecule has 4 rings (SSSR count). The van der Waals surface area contributed by atoms with Crippen molar-refractivity contribution in [2.24, 2.45) is 0 Å². The van der Waals surface area contributed by atoms with Gasteiger partial charge >= 0.3 is 0 Å². The maximum Gasteiger partial charge on any atom is 0.243 e. The van der Waals surface area contributed by atoms with Crippen molar-refractivity contribution < 1.29 is 22.0 Å². The Kier molecular flexibility index (Phi) is 7.38. The van der Waals surface area contributed by atoms with Crippen molar-refractivity contribution in [3.05, 3.63) is 65.7 Å². The van der Waals surface area contributed by atoms with Crippen LogP contribution < -0.4 is 0 Å². The van der Waals surface area contributed by atoms with Crippen LogP contribution in [0.4, 0.5) is 8.78 Å². The van der Waals surface area contributed by atoms with Crippen molar-refractivity contribution in [1.29, 1.82) is 0 Å². The van der Waals surface area contributed by atoms with Crippen LogP contribution in [0.15, 0.2) is 53.4 Å². The maximum absolute atomic E-state index is 14.0. The summed E-state index contributed by atoms with van der Waals surface area (Å²) in [6, 6.07) is 12.4. The molecule has 2 aromatic rings. The van der Waals surface area contributed by atoms with Crippen LogP contribution in [-0.4, -0.2) is 49.7 Å². The predicted octanol–water partition coefficient (Wildman–Crippen LogP) is 4.87. The summed E-state index contributed by atoms with van der Waals surface area (Å²) >= 11 is 0. The lowest BCUT2D eigenvalue weighted by molar-refractivity contribution is -0.140. The Morgan fingerprint density at radius 1 is 0.941 bits per heavy atom. The summed E-state index contributed by atoms with van der Waals surface area (Å²) in [5.74, 6) is -2.25. The molecule has 1 saturated heterocycles. The van der Waals surface area contributed by atoms with Gasteiger partial charge in [0.05, 0.1) is 10.3 Å². The molecule has 0 unspecified atom stereocenters. The van der Waals surface area contributed by atoms with E-state index in [0.717, 1.165) is 43.4 Å². The topological polar surface area (TPSA) is 57.7 Å². The van der Waals surface area contributed by atoms with Crippen LogP contribution in [0.25, 0.3) is 0 Å². The molecule has 2 aromatic carbocycles. The van der Waals surface area contributed by atoms with Crippen LogP contribution in [0.2, 0.25) is 0 Å². The summed E-state index contributed by atoms with van der Waals surface area (Å²) in [4.78, 5) is 15.6. The van der Waals surface area contributed by atoms with E-state index in [0.29, 0.717) is 18.9 Å². The van der Waals surface area contributed by atoms with Crippen LogP contribution in [0.3, 0.4) is 0 Å². The largest absolute Gasteiger partial charge is 0.342 e. The van der Waals surface area contributed by atoms with Crippen molar-refractivity contribution in [3.8, 4) is 0 Å². The number of halogens is 2. The first-order valence-corrected chi connectivity index (χ1v) is 13.5. The van der Waals surface area contributed by atoms with E-state index in [4.69, 9.17) is 0 Å².